The van der Waals surface area contributed by atoms with E-state index < -0.39 is 25.7 Å². The first-order chi connectivity index (χ1) is 10.5. The van der Waals surface area contributed by atoms with E-state index in [9.17, 15) is 8.96 Å². The highest BCUT2D eigenvalue weighted by atomic mass is 31.2. The monoisotopic (exact) mass is 325 g/mol. The average molecular weight is 325 g/mol. The van der Waals surface area contributed by atoms with Crippen molar-refractivity contribution in [1.82, 2.24) is 25.9 Å². The van der Waals surface area contributed by atoms with Crippen molar-refractivity contribution in [3.8, 4) is 11.8 Å². The van der Waals surface area contributed by atoms with E-state index in [1.807, 2.05) is 0 Å². The molecule has 0 fully saturated rings. The van der Waals surface area contributed by atoms with Crippen molar-refractivity contribution in [2.24, 2.45) is 0 Å². The van der Waals surface area contributed by atoms with Crippen molar-refractivity contribution < 1.29 is 18.7 Å². The molecular formula is C12H13FN5O3P. The van der Waals surface area contributed by atoms with Gasteiger partial charge >= 0.3 is 7.60 Å². The minimum absolute atomic E-state index is 0.133. The van der Waals surface area contributed by atoms with Gasteiger partial charge < -0.3 is 9.79 Å². The van der Waals surface area contributed by atoms with Crippen molar-refractivity contribution in [3.05, 3.63) is 41.5 Å². The number of nitrogens with zero attached hydrogens (tertiary/aromatic N) is 3. The smallest absolute Gasteiger partial charge is 0.324 e. The van der Waals surface area contributed by atoms with Crippen molar-refractivity contribution in [3.63, 3.8) is 0 Å². The Morgan fingerprint density at radius 1 is 1.41 bits per heavy atom. The van der Waals surface area contributed by atoms with Gasteiger partial charge in [-0.05, 0) is 12.1 Å². The molecule has 22 heavy (non-hydrogen) atoms. The zero-order valence-corrected chi connectivity index (χ0v) is 12.2. The summed E-state index contributed by atoms with van der Waals surface area (Å²) in [6.45, 7) is 0. The Bertz CT molecular complexity index is 722. The van der Waals surface area contributed by atoms with Crippen LogP contribution < -0.4 is 5.32 Å². The SMILES string of the molecule is O=P(O)(O)CN[C@@H](CC#Cc1ccccc1F)c1nn[nH]n1. The predicted molar refractivity (Wildman–Crippen MR) is 74.9 cm³/mol. The maximum atomic E-state index is 13.4. The molecule has 0 aliphatic rings. The van der Waals surface area contributed by atoms with E-state index in [1.165, 1.54) is 12.1 Å². The number of hydrogen-bond donors (Lipinski definition) is 4. The Labute approximate surface area is 125 Å². The lowest BCUT2D eigenvalue weighted by Gasteiger charge is -2.12. The molecule has 0 saturated carbocycles. The normalized spacial score (nSPS) is 12.5. The number of hydrogen-bond acceptors (Lipinski definition) is 5. The molecule has 1 aromatic carbocycles. The number of nitrogens with one attached hydrogen (secondary N) is 2. The molecule has 0 unspecified atom stereocenters. The summed E-state index contributed by atoms with van der Waals surface area (Å²) in [7, 11) is -4.22. The first-order valence-electron chi connectivity index (χ1n) is 6.20. The topological polar surface area (TPSA) is 124 Å². The van der Waals surface area contributed by atoms with Crippen LogP contribution in [0.15, 0.2) is 24.3 Å². The molecule has 0 radical (unpaired) electrons. The maximum absolute atomic E-state index is 13.4. The molecule has 4 N–H and O–H groups in total. The van der Waals surface area contributed by atoms with E-state index in [0.717, 1.165) is 0 Å². The summed E-state index contributed by atoms with van der Waals surface area (Å²) >= 11 is 0. The second-order valence-corrected chi connectivity index (χ2v) is 5.98. The fourth-order valence-corrected chi connectivity index (χ4v) is 2.07. The number of halogens is 1. The lowest BCUT2D eigenvalue weighted by Crippen LogP contribution is -2.23. The van der Waals surface area contributed by atoms with Gasteiger partial charge in [-0.1, -0.05) is 29.2 Å². The van der Waals surface area contributed by atoms with Crippen molar-refractivity contribution in [1.29, 1.82) is 0 Å². The van der Waals surface area contributed by atoms with Crippen molar-refractivity contribution in [2.45, 2.75) is 12.5 Å². The molecule has 0 spiro atoms. The van der Waals surface area contributed by atoms with E-state index in [0.29, 0.717) is 0 Å². The van der Waals surface area contributed by atoms with Gasteiger partial charge in [-0.3, -0.25) is 9.88 Å². The van der Waals surface area contributed by atoms with Crippen molar-refractivity contribution in [2.75, 3.05) is 6.29 Å². The number of benzene rings is 1. The predicted octanol–water partition coefficient (Wildman–Crippen LogP) is 0.546. The first-order valence-corrected chi connectivity index (χ1v) is 8.00. The second kappa shape index (κ2) is 7.24. The van der Waals surface area contributed by atoms with E-state index in [-0.39, 0.29) is 17.8 Å². The molecule has 8 nitrogen and oxygen atoms in total. The number of aromatic amines is 1. The van der Waals surface area contributed by atoms with Gasteiger partial charge in [0, 0.05) is 6.42 Å². The quantitative estimate of drug-likeness (QED) is 0.467. The lowest BCUT2D eigenvalue weighted by molar-refractivity contribution is 0.362. The van der Waals surface area contributed by atoms with Crippen LogP contribution in [-0.4, -0.2) is 36.7 Å². The van der Waals surface area contributed by atoms with Crippen LogP contribution in [-0.2, 0) is 4.57 Å². The molecule has 0 aliphatic carbocycles. The number of H-pyrrole nitrogens is 1. The molecule has 2 aromatic rings. The molecule has 0 amide bonds. The molecule has 1 heterocycles. The minimum atomic E-state index is -4.22. The highest BCUT2D eigenvalue weighted by molar-refractivity contribution is 7.51. The molecule has 2 rings (SSSR count). The summed E-state index contributed by atoms with van der Waals surface area (Å²) in [5, 5.41) is 15.8. The van der Waals surface area contributed by atoms with Gasteiger partial charge in [0.15, 0.2) is 5.82 Å². The first kappa shape index (κ1) is 16.3. The summed E-state index contributed by atoms with van der Waals surface area (Å²) in [5.41, 5.74) is 0.240. The van der Waals surface area contributed by atoms with Gasteiger partial charge in [0.1, 0.15) is 5.82 Å². The van der Waals surface area contributed by atoms with Crippen LogP contribution in [0.1, 0.15) is 23.9 Å². The standard InChI is InChI=1S/C12H13FN5O3P/c13-10-6-2-1-4-9(10)5-3-7-11(12-15-17-18-16-12)14-8-22(19,20)21/h1-2,4,6,11,14H,7-8H2,(H2,19,20,21)(H,15,16,17,18)/t11-/m0/s1. The van der Waals surface area contributed by atoms with Crippen LogP contribution in [0.5, 0.6) is 0 Å². The van der Waals surface area contributed by atoms with Crippen LogP contribution in [0, 0.1) is 17.7 Å². The summed E-state index contributed by atoms with van der Waals surface area (Å²) in [5.74, 6) is 5.18. The summed E-state index contributed by atoms with van der Waals surface area (Å²) in [6.07, 6.45) is -0.415. The largest absolute Gasteiger partial charge is 0.339 e. The number of aromatic nitrogens is 4. The van der Waals surface area contributed by atoms with Crippen LogP contribution in [0.4, 0.5) is 4.39 Å². The van der Waals surface area contributed by atoms with E-state index >= 15 is 0 Å². The third-order valence-electron chi connectivity index (χ3n) is 2.62. The zero-order valence-electron chi connectivity index (χ0n) is 11.3. The maximum Gasteiger partial charge on any atom is 0.339 e. The van der Waals surface area contributed by atoms with Crippen LogP contribution in [0.2, 0.25) is 0 Å². The summed E-state index contributed by atoms with van der Waals surface area (Å²) in [6, 6.07) is 5.42. The Morgan fingerprint density at radius 2 is 2.18 bits per heavy atom. The van der Waals surface area contributed by atoms with E-state index in [4.69, 9.17) is 9.79 Å². The molecule has 0 saturated heterocycles. The van der Waals surface area contributed by atoms with Gasteiger partial charge in [0.05, 0.1) is 17.9 Å². The van der Waals surface area contributed by atoms with Crippen LogP contribution in [0.3, 0.4) is 0 Å². The fraction of sp³-hybridized carbons (Fsp3) is 0.250. The van der Waals surface area contributed by atoms with Gasteiger partial charge in [0.25, 0.3) is 0 Å². The summed E-state index contributed by atoms with van der Waals surface area (Å²) in [4.78, 5) is 17.8. The molecule has 10 heteroatoms. The van der Waals surface area contributed by atoms with Gasteiger partial charge in [-0.2, -0.15) is 5.21 Å². The van der Waals surface area contributed by atoms with E-state index in [2.05, 4.69) is 37.8 Å². The molecule has 1 atom stereocenters. The molecule has 1 aromatic heterocycles. The Morgan fingerprint density at radius 3 is 2.82 bits per heavy atom. The van der Waals surface area contributed by atoms with Crippen LogP contribution in [0.25, 0.3) is 0 Å². The Hall–Kier alpha value is -2.11. The average Bonchev–Trinajstić information content (AvgIpc) is 2.97. The lowest BCUT2D eigenvalue weighted by atomic mass is 10.1. The Kier molecular flexibility index (Phi) is 5.35. The number of rotatable bonds is 5. The fourth-order valence-electron chi connectivity index (χ4n) is 1.61. The van der Waals surface area contributed by atoms with Crippen molar-refractivity contribution >= 4 is 7.60 Å². The molecule has 0 bridgehead atoms. The van der Waals surface area contributed by atoms with Crippen LogP contribution >= 0.6 is 7.60 Å². The molecule has 0 aliphatic heterocycles. The van der Waals surface area contributed by atoms with Gasteiger partial charge in [0.2, 0.25) is 0 Å². The zero-order chi connectivity index (χ0) is 16.0. The molecule has 116 valence electrons. The van der Waals surface area contributed by atoms with Gasteiger partial charge in [-0.15, -0.1) is 10.2 Å². The Balaban J connectivity index is 2.08. The highest BCUT2D eigenvalue weighted by Gasteiger charge is 2.20. The number of tetrazole rings is 1. The summed E-state index contributed by atoms with van der Waals surface area (Å²) < 4.78 is 24.4. The van der Waals surface area contributed by atoms with E-state index in [1.54, 1.807) is 12.1 Å². The minimum Gasteiger partial charge on any atom is -0.324 e. The third-order valence-corrected chi connectivity index (χ3v) is 3.21. The second-order valence-electron chi connectivity index (χ2n) is 4.34. The van der Waals surface area contributed by atoms with Gasteiger partial charge in [-0.25, -0.2) is 4.39 Å². The highest BCUT2D eigenvalue weighted by Crippen LogP contribution is 2.33. The third kappa shape index (κ3) is 5.02. The molecular weight excluding hydrogens is 312 g/mol.